The molecule has 0 spiro atoms. The molecule has 3 aromatic rings. The van der Waals surface area contributed by atoms with Crippen LogP contribution in [0.4, 0.5) is 5.69 Å². The van der Waals surface area contributed by atoms with Gasteiger partial charge < -0.3 is 15.4 Å². The third-order valence-electron chi connectivity index (χ3n) is 5.12. The number of methoxy groups -OCH3 is 1. The number of sulfone groups is 1. The Balaban J connectivity index is 1.53. The average Bonchev–Trinajstić information content (AvgIpc) is 2.80. The fourth-order valence-corrected chi connectivity index (χ4v) is 4.62. The number of nitrogens with one attached hydrogen (secondary N) is 2. The van der Waals surface area contributed by atoms with E-state index >= 15 is 0 Å². The smallest absolute Gasteiger partial charge is 0.251 e. The molecule has 0 saturated carbocycles. The Morgan fingerprint density at radius 2 is 1.62 bits per heavy atom. The van der Waals surface area contributed by atoms with Crippen molar-refractivity contribution in [3.8, 4) is 5.75 Å². The Labute approximate surface area is 200 Å². The van der Waals surface area contributed by atoms with E-state index in [4.69, 9.17) is 4.74 Å². The lowest BCUT2D eigenvalue weighted by Gasteiger charge is -2.09. The second kappa shape index (κ2) is 11.5. The number of benzene rings is 3. The maximum Gasteiger partial charge on any atom is 0.251 e. The van der Waals surface area contributed by atoms with E-state index in [0.717, 1.165) is 16.9 Å². The standard InChI is InChI=1S/C26H28N2O5S/c1-19-6-10-23(11-7-19)28-25(29)18-34(31,32)17-21-4-3-5-22(16-21)26(30)27-15-14-20-8-12-24(33-2)13-9-20/h3-13,16H,14-15,17-18H2,1-2H3,(H,27,30)(H,28,29). The fourth-order valence-electron chi connectivity index (χ4n) is 3.36. The van der Waals surface area contributed by atoms with Gasteiger partial charge in [0.15, 0.2) is 9.84 Å². The Morgan fingerprint density at radius 1 is 0.912 bits per heavy atom. The first-order valence-electron chi connectivity index (χ1n) is 10.8. The monoisotopic (exact) mass is 480 g/mol. The fraction of sp³-hybridized carbons (Fsp3) is 0.231. The molecule has 2 amide bonds. The third kappa shape index (κ3) is 7.74. The number of hydrogen-bond acceptors (Lipinski definition) is 5. The third-order valence-corrected chi connectivity index (χ3v) is 6.60. The zero-order chi connectivity index (χ0) is 24.6. The van der Waals surface area contributed by atoms with E-state index in [-0.39, 0.29) is 11.7 Å². The minimum Gasteiger partial charge on any atom is -0.497 e. The molecular formula is C26H28N2O5S. The van der Waals surface area contributed by atoms with Gasteiger partial charge in [0.05, 0.1) is 12.9 Å². The van der Waals surface area contributed by atoms with Crippen molar-refractivity contribution in [2.24, 2.45) is 0 Å². The molecule has 0 fully saturated rings. The van der Waals surface area contributed by atoms with Crippen molar-refractivity contribution in [3.63, 3.8) is 0 Å². The van der Waals surface area contributed by atoms with Crippen LogP contribution in [0.25, 0.3) is 0 Å². The van der Waals surface area contributed by atoms with E-state index in [0.29, 0.717) is 29.8 Å². The lowest BCUT2D eigenvalue weighted by molar-refractivity contribution is -0.113. The van der Waals surface area contributed by atoms with Crippen LogP contribution in [0.2, 0.25) is 0 Å². The second-order valence-corrected chi connectivity index (χ2v) is 10.1. The summed E-state index contributed by atoms with van der Waals surface area (Å²) in [6, 6.07) is 21.1. The van der Waals surface area contributed by atoms with E-state index in [1.54, 1.807) is 37.4 Å². The summed E-state index contributed by atoms with van der Waals surface area (Å²) in [6.45, 7) is 2.36. The highest BCUT2D eigenvalue weighted by atomic mass is 32.2. The quantitative estimate of drug-likeness (QED) is 0.462. The number of carbonyl (C=O) groups is 2. The molecule has 0 aromatic heterocycles. The maximum atomic E-state index is 12.5. The zero-order valence-corrected chi connectivity index (χ0v) is 20.0. The van der Waals surface area contributed by atoms with E-state index in [1.807, 2.05) is 43.3 Å². The topological polar surface area (TPSA) is 102 Å². The maximum absolute atomic E-state index is 12.5. The predicted molar refractivity (Wildman–Crippen MR) is 133 cm³/mol. The van der Waals surface area contributed by atoms with Crippen molar-refractivity contribution in [1.82, 2.24) is 5.32 Å². The van der Waals surface area contributed by atoms with Crippen molar-refractivity contribution < 1.29 is 22.7 Å². The first kappa shape index (κ1) is 25.0. The molecule has 0 atom stereocenters. The van der Waals surface area contributed by atoms with Gasteiger partial charge >= 0.3 is 0 Å². The van der Waals surface area contributed by atoms with Crippen LogP contribution in [0.5, 0.6) is 5.75 Å². The predicted octanol–water partition coefficient (Wildman–Crippen LogP) is 3.53. The van der Waals surface area contributed by atoms with Crippen molar-refractivity contribution >= 4 is 27.3 Å². The van der Waals surface area contributed by atoms with Gasteiger partial charge in [-0.05, 0) is 60.9 Å². The Morgan fingerprint density at radius 3 is 2.29 bits per heavy atom. The molecule has 0 radical (unpaired) electrons. The van der Waals surface area contributed by atoms with Gasteiger partial charge in [0.25, 0.3) is 5.91 Å². The Kier molecular flexibility index (Phi) is 8.43. The summed E-state index contributed by atoms with van der Waals surface area (Å²) in [5.74, 6) is -1.09. The second-order valence-electron chi connectivity index (χ2n) is 8.00. The van der Waals surface area contributed by atoms with E-state index < -0.39 is 21.5 Å². The summed E-state index contributed by atoms with van der Waals surface area (Å²) < 4.78 is 30.2. The molecule has 8 heteroatoms. The molecule has 0 aliphatic heterocycles. The average molecular weight is 481 g/mol. The SMILES string of the molecule is COc1ccc(CCNC(=O)c2cccc(CS(=O)(=O)CC(=O)Nc3ccc(C)cc3)c2)cc1. The van der Waals surface area contributed by atoms with E-state index in [9.17, 15) is 18.0 Å². The first-order chi connectivity index (χ1) is 16.2. The Bertz CT molecular complexity index is 1240. The molecular weight excluding hydrogens is 452 g/mol. The number of amides is 2. The molecule has 0 heterocycles. The molecule has 3 rings (SSSR count). The molecule has 0 saturated heterocycles. The Hall–Kier alpha value is -3.65. The summed E-state index contributed by atoms with van der Waals surface area (Å²) in [5.41, 5.74) is 3.46. The van der Waals surface area contributed by atoms with Crippen molar-refractivity contribution in [3.05, 3.63) is 95.1 Å². The number of anilines is 1. The molecule has 0 aliphatic carbocycles. The largest absolute Gasteiger partial charge is 0.497 e. The summed E-state index contributed by atoms with van der Waals surface area (Å²) in [4.78, 5) is 24.7. The molecule has 0 bridgehead atoms. The molecule has 7 nitrogen and oxygen atoms in total. The number of aryl methyl sites for hydroxylation is 1. The lowest BCUT2D eigenvalue weighted by atomic mass is 10.1. The highest BCUT2D eigenvalue weighted by Crippen LogP contribution is 2.13. The van der Waals surface area contributed by atoms with Crippen molar-refractivity contribution in [2.75, 3.05) is 24.7 Å². The summed E-state index contributed by atoms with van der Waals surface area (Å²) in [5, 5.41) is 5.44. The van der Waals surface area contributed by atoms with E-state index in [2.05, 4.69) is 10.6 Å². The number of rotatable bonds is 10. The summed E-state index contributed by atoms with van der Waals surface area (Å²) in [7, 11) is -2.11. The van der Waals surface area contributed by atoms with Gasteiger partial charge in [-0.15, -0.1) is 0 Å². The van der Waals surface area contributed by atoms with Crippen LogP contribution in [-0.4, -0.2) is 39.6 Å². The van der Waals surface area contributed by atoms with Gasteiger partial charge in [0, 0.05) is 17.8 Å². The molecule has 0 aliphatic rings. The van der Waals surface area contributed by atoms with Crippen LogP contribution in [-0.2, 0) is 26.8 Å². The van der Waals surface area contributed by atoms with Gasteiger partial charge in [-0.25, -0.2) is 8.42 Å². The summed E-state index contributed by atoms with van der Waals surface area (Å²) in [6.07, 6.45) is 0.653. The number of hydrogen-bond donors (Lipinski definition) is 2. The van der Waals surface area contributed by atoms with Crippen LogP contribution >= 0.6 is 0 Å². The highest BCUT2D eigenvalue weighted by molar-refractivity contribution is 7.91. The number of carbonyl (C=O) groups excluding carboxylic acids is 2. The van der Waals surface area contributed by atoms with Gasteiger partial charge in [0.2, 0.25) is 5.91 Å². The molecule has 34 heavy (non-hydrogen) atoms. The minimum absolute atomic E-state index is 0.287. The van der Waals surface area contributed by atoms with Gasteiger partial charge in [0.1, 0.15) is 11.5 Å². The van der Waals surface area contributed by atoms with Crippen LogP contribution in [0.15, 0.2) is 72.8 Å². The summed E-state index contributed by atoms with van der Waals surface area (Å²) >= 11 is 0. The molecule has 2 N–H and O–H groups in total. The van der Waals surface area contributed by atoms with Crippen LogP contribution in [0.3, 0.4) is 0 Å². The zero-order valence-electron chi connectivity index (χ0n) is 19.2. The molecule has 3 aromatic carbocycles. The highest BCUT2D eigenvalue weighted by Gasteiger charge is 2.18. The number of ether oxygens (including phenoxy) is 1. The van der Waals surface area contributed by atoms with Gasteiger partial charge in [-0.1, -0.05) is 42.0 Å². The van der Waals surface area contributed by atoms with Crippen molar-refractivity contribution in [1.29, 1.82) is 0 Å². The van der Waals surface area contributed by atoms with Gasteiger partial charge in [-0.3, -0.25) is 9.59 Å². The van der Waals surface area contributed by atoms with Gasteiger partial charge in [-0.2, -0.15) is 0 Å². The van der Waals surface area contributed by atoms with Crippen LogP contribution < -0.4 is 15.4 Å². The molecule has 178 valence electrons. The molecule has 0 unspecified atom stereocenters. The van der Waals surface area contributed by atoms with E-state index in [1.165, 1.54) is 6.07 Å². The van der Waals surface area contributed by atoms with Crippen LogP contribution in [0, 0.1) is 6.92 Å². The lowest BCUT2D eigenvalue weighted by Crippen LogP contribution is -2.26. The van der Waals surface area contributed by atoms with Crippen LogP contribution in [0.1, 0.15) is 27.0 Å². The minimum atomic E-state index is -3.72. The normalized spacial score (nSPS) is 11.0. The first-order valence-corrected chi connectivity index (χ1v) is 12.6. The van der Waals surface area contributed by atoms with Crippen molar-refractivity contribution in [2.45, 2.75) is 19.1 Å².